The van der Waals surface area contributed by atoms with Crippen molar-refractivity contribution in [2.45, 2.75) is 25.7 Å². The first kappa shape index (κ1) is 16.6. The van der Waals surface area contributed by atoms with E-state index in [0.717, 1.165) is 25.9 Å². The molecule has 2 amide bonds. The van der Waals surface area contributed by atoms with E-state index in [9.17, 15) is 9.59 Å². The fourth-order valence-corrected chi connectivity index (χ4v) is 2.44. The number of piperidine rings is 1. The Morgan fingerprint density at radius 2 is 1.82 bits per heavy atom. The van der Waals surface area contributed by atoms with Gasteiger partial charge in [0.2, 0.25) is 11.8 Å². The summed E-state index contributed by atoms with van der Waals surface area (Å²) in [5.41, 5.74) is 0. The number of likely N-dealkylation sites (tertiary alicyclic amines) is 1. The van der Waals surface area contributed by atoms with E-state index in [1.807, 2.05) is 4.90 Å². The van der Waals surface area contributed by atoms with E-state index in [1.165, 1.54) is 6.42 Å². The van der Waals surface area contributed by atoms with E-state index >= 15 is 0 Å². The van der Waals surface area contributed by atoms with Crippen LogP contribution in [-0.2, 0) is 9.59 Å². The number of ether oxygens (including phenoxy) is 1. The van der Waals surface area contributed by atoms with Gasteiger partial charge < -0.3 is 15.0 Å². The summed E-state index contributed by atoms with van der Waals surface area (Å²) in [6.45, 7) is 1.94. The molecule has 6 heteroatoms. The van der Waals surface area contributed by atoms with E-state index in [1.54, 1.807) is 24.3 Å². The van der Waals surface area contributed by atoms with Crippen molar-refractivity contribution in [1.82, 2.24) is 10.2 Å². The molecule has 120 valence electrons. The number of rotatable bonds is 6. The number of halogens is 1. The van der Waals surface area contributed by atoms with Gasteiger partial charge in [-0.3, -0.25) is 9.59 Å². The molecule has 0 atom stereocenters. The molecule has 0 unspecified atom stereocenters. The van der Waals surface area contributed by atoms with Gasteiger partial charge in [-0.15, -0.1) is 0 Å². The normalized spacial score (nSPS) is 14.5. The van der Waals surface area contributed by atoms with Crippen LogP contribution < -0.4 is 10.1 Å². The third-order valence-corrected chi connectivity index (χ3v) is 3.81. The molecule has 0 spiro atoms. The maximum absolute atomic E-state index is 11.9. The molecule has 1 aliphatic rings. The zero-order valence-corrected chi connectivity index (χ0v) is 13.3. The van der Waals surface area contributed by atoms with E-state index in [4.69, 9.17) is 16.3 Å². The molecule has 1 aliphatic heterocycles. The monoisotopic (exact) mass is 324 g/mol. The molecule has 0 saturated carbocycles. The predicted molar refractivity (Wildman–Crippen MR) is 85.0 cm³/mol. The highest BCUT2D eigenvalue weighted by Crippen LogP contribution is 2.15. The fourth-order valence-electron chi connectivity index (χ4n) is 2.31. The quantitative estimate of drug-likeness (QED) is 0.873. The number of carbonyl (C=O) groups excluding carboxylic acids is 2. The average molecular weight is 325 g/mol. The van der Waals surface area contributed by atoms with Crippen LogP contribution in [0.5, 0.6) is 5.75 Å². The Labute approximate surface area is 135 Å². The van der Waals surface area contributed by atoms with Crippen molar-refractivity contribution in [3.05, 3.63) is 29.3 Å². The van der Waals surface area contributed by atoms with Gasteiger partial charge in [-0.1, -0.05) is 11.6 Å². The molecule has 2 rings (SSSR count). The highest BCUT2D eigenvalue weighted by atomic mass is 35.5. The standard InChI is InChI=1S/C16H21ClN2O3/c17-13-4-6-14(7-5-13)22-11-8-15(20)18-12-16(21)19-9-2-1-3-10-19/h4-7H,1-3,8-12H2,(H,18,20). The molecule has 1 saturated heterocycles. The van der Waals surface area contributed by atoms with Crippen molar-refractivity contribution in [2.24, 2.45) is 0 Å². The molecule has 22 heavy (non-hydrogen) atoms. The Balaban J connectivity index is 1.61. The minimum atomic E-state index is -0.181. The van der Waals surface area contributed by atoms with Crippen molar-refractivity contribution in [3.8, 4) is 5.75 Å². The second-order valence-electron chi connectivity index (χ2n) is 5.27. The minimum Gasteiger partial charge on any atom is -0.493 e. The third-order valence-electron chi connectivity index (χ3n) is 3.56. The molecule has 1 aromatic carbocycles. The maximum Gasteiger partial charge on any atom is 0.241 e. The number of hydrogen-bond donors (Lipinski definition) is 1. The minimum absolute atomic E-state index is 0.00771. The van der Waals surface area contributed by atoms with Crippen LogP contribution in [-0.4, -0.2) is 43.0 Å². The Kier molecular flexibility index (Phi) is 6.52. The number of hydrogen-bond acceptors (Lipinski definition) is 3. The van der Waals surface area contributed by atoms with Crippen molar-refractivity contribution >= 4 is 23.4 Å². The summed E-state index contributed by atoms with van der Waals surface area (Å²) < 4.78 is 5.44. The zero-order chi connectivity index (χ0) is 15.8. The van der Waals surface area contributed by atoms with Gasteiger partial charge in [-0.05, 0) is 43.5 Å². The van der Waals surface area contributed by atoms with Crippen molar-refractivity contribution in [2.75, 3.05) is 26.2 Å². The average Bonchev–Trinajstić information content (AvgIpc) is 2.55. The van der Waals surface area contributed by atoms with E-state index < -0.39 is 0 Å². The molecular formula is C16H21ClN2O3. The molecule has 1 N–H and O–H groups in total. The van der Waals surface area contributed by atoms with E-state index in [0.29, 0.717) is 10.8 Å². The lowest BCUT2D eigenvalue weighted by Crippen LogP contribution is -2.42. The molecule has 0 aliphatic carbocycles. The van der Waals surface area contributed by atoms with Crippen LogP contribution in [0, 0.1) is 0 Å². The second-order valence-corrected chi connectivity index (χ2v) is 5.71. The first-order valence-corrected chi connectivity index (χ1v) is 7.96. The lowest BCUT2D eigenvalue weighted by molar-refractivity contribution is -0.133. The van der Waals surface area contributed by atoms with Gasteiger partial charge in [0.1, 0.15) is 5.75 Å². The predicted octanol–water partition coefficient (Wildman–Crippen LogP) is 2.24. The Morgan fingerprint density at radius 3 is 2.50 bits per heavy atom. The fraction of sp³-hybridized carbons (Fsp3) is 0.500. The topological polar surface area (TPSA) is 58.6 Å². The Hall–Kier alpha value is -1.75. The zero-order valence-electron chi connectivity index (χ0n) is 12.5. The number of benzene rings is 1. The first-order chi connectivity index (χ1) is 10.6. The third kappa shape index (κ3) is 5.56. The first-order valence-electron chi connectivity index (χ1n) is 7.58. The van der Waals surface area contributed by atoms with Gasteiger partial charge in [0, 0.05) is 18.1 Å². The molecule has 1 heterocycles. The largest absolute Gasteiger partial charge is 0.493 e. The highest BCUT2D eigenvalue weighted by Gasteiger charge is 2.16. The van der Waals surface area contributed by atoms with Gasteiger partial charge in [0.15, 0.2) is 0 Å². The van der Waals surface area contributed by atoms with Gasteiger partial charge >= 0.3 is 0 Å². The second kappa shape index (κ2) is 8.63. The summed E-state index contributed by atoms with van der Waals surface area (Å²) >= 11 is 5.78. The van der Waals surface area contributed by atoms with E-state index in [-0.39, 0.29) is 31.4 Å². The summed E-state index contributed by atoms with van der Waals surface area (Å²) in [5, 5.41) is 3.28. The van der Waals surface area contributed by atoms with Gasteiger partial charge in [-0.2, -0.15) is 0 Å². The van der Waals surface area contributed by atoms with Crippen LogP contribution in [0.15, 0.2) is 24.3 Å². The summed E-state index contributed by atoms with van der Waals surface area (Å²) in [5.74, 6) is 0.479. The summed E-state index contributed by atoms with van der Waals surface area (Å²) in [6, 6.07) is 6.96. The molecule has 5 nitrogen and oxygen atoms in total. The van der Waals surface area contributed by atoms with Crippen molar-refractivity contribution in [3.63, 3.8) is 0 Å². The van der Waals surface area contributed by atoms with Crippen LogP contribution in [0.25, 0.3) is 0 Å². The number of carbonyl (C=O) groups is 2. The molecule has 0 aromatic heterocycles. The van der Waals surface area contributed by atoms with Gasteiger partial charge in [0.05, 0.1) is 19.6 Å². The molecule has 1 fully saturated rings. The molecular weight excluding hydrogens is 304 g/mol. The van der Waals surface area contributed by atoms with Crippen molar-refractivity contribution < 1.29 is 14.3 Å². The van der Waals surface area contributed by atoms with Crippen LogP contribution in [0.1, 0.15) is 25.7 Å². The molecule has 0 radical (unpaired) electrons. The number of nitrogens with zero attached hydrogens (tertiary/aromatic N) is 1. The van der Waals surface area contributed by atoms with E-state index in [2.05, 4.69) is 5.32 Å². The Morgan fingerprint density at radius 1 is 1.14 bits per heavy atom. The summed E-state index contributed by atoms with van der Waals surface area (Å²) in [4.78, 5) is 25.4. The van der Waals surface area contributed by atoms with Crippen LogP contribution in [0.3, 0.4) is 0 Å². The maximum atomic E-state index is 11.9. The van der Waals surface area contributed by atoms with Crippen molar-refractivity contribution in [1.29, 1.82) is 0 Å². The molecule has 0 bridgehead atoms. The van der Waals surface area contributed by atoms with Crippen LogP contribution in [0.4, 0.5) is 0 Å². The number of nitrogens with one attached hydrogen (secondary N) is 1. The lowest BCUT2D eigenvalue weighted by Gasteiger charge is -2.26. The number of amides is 2. The SMILES string of the molecule is O=C(CCOc1ccc(Cl)cc1)NCC(=O)N1CCCCC1. The summed E-state index contributed by atoms with van der Waals surface area (Å²) in [6.07, 6.45) is 3.50. The van der Waals surface area contributed by atoms with Crippen LogP contribution >= 0.6 is 11.6 Å². The summed E-state index contributed by atoms with van der Waals surface area (Å²) in [7, 11) is 0. The molecule has 1 aromatic rings. The Bertz CT molecular complexity index is 499. The van der Waals surface area contributed by atoms with Gasteiger partial charge in [0.25, 0.3) is 0 Å². The van der Waals surface area contributed by atoms with Gasteiger partial charge in [-0.25, -0.2) is 0 Å². The lowest BCUT2D eigenvalue weighted by atomic mass is 10.1. The highest BCUT2D eigenvalue weighted by molar-refractivity contribution is 6.30. The smallest absolute Gasteiger partial charge is 0.241 e. The van der Waals surface area contributed by atoms with Crippen LogP contribution in [0.2, 0.25) is 5.02 Å².